The third kappa shape index (κ3) is 4.43. The molecular weight excluding hydrogens is 220 g/mol. The van der Waals surface area contributed by atoms with E-state index in [1.807, 2.05) is 6.92 Å². The molecule has 1 aromatic carbocycles. The maximum Gasteiger partial charge on any atom is 0.159 e. The summed E-state index contributed by atoms with van der Waals surface area (Å²) in [4.78, 5) is 0. The normalized spacial score (nSPS) is 14.6. The highest BCUT2D eigenvalue weighted by atomic mass is 19.2. The molecule has 96 valence electrons. The van der Waals surface area contributed by atoms with E-state index in [-0.39, 0.29) is 6.04 Å². The molecule has 0 heterocycles. The minimum atomic E-state index is -0.791. The molecule has 0 fully saturated rings. The van der Waals surface area contributed by atoms with E-state index in [4.69, 9.17) is 0 Å². The molecule has 1 rings (SSSR count). The lowest BCUT2D eigenvalue weighted by atomic mass is 10.0. The molecule has 2 atom stereocenters. The molecule has 0 aliphatic carbocycles. The zero-order valence-corrected chi connectivity index (χ0v) is 10.8. The molecule has 0 saturated carbocycles. The van der Waals surface area contributed by atoms with Crippen LogP contribution in [0.25, 0.3) is 0 Å². The van der Waals surface area contributed by atoms with Gasteiger partial charge in [-0.25, -0.2) is 8.78 Å². The lowest BCUT2D eigenvalue weighted by molar-refractivity contribution is 0.441. The van der Waals surface area contributed by atoms with Crippen LogP contribution in [-0.2, 0) is 0 Å². The lowest BCUT2D eigenvalue weighted by Gasteiger charge is -2.17. The predicted octanol–water partition coefficient (Wildman–Crippen LogP) is 4.05. The third-order valence-electron chi connectivity index (χ3n) is 3.00. The largest absolute Gasteiger partial charge is 0.310 e. The van der Waals surface area contributed by atoms with Crippen molar-refractivity contribution < 1.29 is 8.78 Å². The van der Waals surface area contributed by atoms with E-state index < -0.39 is 11.6 Å². The highest BCUT2D eigenvalue weighted by molar-refractivity contribution is 5.20. The predicted molar refractivity (Wildman–Crippen MR) is 66.8 cm³/mol. The number of rotatable bonds is 6. The molecule has 3 heteroatoms. The lowest BCUT2D eigenvalue weighted by Crippen LogP contribution is -2.24. The van der Waals surface area contributed by atoms with E-state index >= 15 is 0 Å². The van der Waals surface area contributed by atoms with Crippen molar-refractivity contribution in [2.75, 3.05) is 6.54 Å². The average molecular weight is 241 g/mol. The molecule has 0 aliphatic rings. The summed E-state index contributed by atoms with van der Waals surface area (Å²) in [5.74, 6) is -0.967. The molecule has 0 bridgehead atoms. The van der Waals surface area contributed by atoms with Crippen molar-refractivity contribution in [3.8, 4) is 0 Å². The molecule has 2 unspecified atom stereocenters. The van der Waals surface area contributed by atoms with Crippen LogP contribution in [0.1, 0.15) is 45.2 Å². The smallest absolute Gasteiger partial charge is 0.159 e. The second-order valence-electron chi connectivity index (χ2n) is 4.70. The Morgan fingerprint density at radius 1 is 1.18 bits per heavy atom. The van der Waals surface area contributed by atoms with Crippen LogP contribution >= 0.6 is 0 Å². The van der Waals surface area contributed by atoms with Crippen LogP contribution in [0, 0.1) is 17.6 Å². The second kappa shape index (κ2) is 6.70. The molecule has 1 aromatic rings. The van der Waals surface area contributed by atoms with Crippen LogP contribution in [0.3, 0.4) is 0 Å². The van der Waals surface area contributed by atoms with Gasteiger partial charge in [-0.05, 0) is 43.5 Å². The topological polar surface area (TPSA) is 12.0 Å². The maximum absolute atomic E-state index is 13.1. The Morgan fingerprint density at radius 2 is 1.88 bits per heavy atom. The van der Waals surface area contributed by atoms with Crippen molar-refractivity contribution in [2.45, 2.75) is 39.7 Å². The SMILES string of the molecule is CCCC(C)CNC(C)c1ccc(F)c(F)c1. The second-order valence-corrected chi connectivity index (χ2v) is 4.70. The van der Waals surface area contributed by atoms with E-state index in [0.717, 1.165) is 12.1 Å². The van der Waals surface area contributed by atoms with Crippen molar-refractivity contribution >= 4 is 0 Å². The quantitative estimate of drug-likeness (QED) is 0.792. The summed E-state index contributed by atoms with van der Waals surface area (Å²) < 4.78 is 25.8. The van der Waals surface area contributed by atoms with E-state index in [1.165, 1.54) is 25.0 Å². The fourth-order valence-corrected chi connectivity index (χ4v) is 1.87. The molecule has 0 amide bonds. The van der Waals surface area contributed by atoms with Crippen molar-refractivity contribution in [3.05, 3.63) is 35.4 Å². The van der Waals surface area contributed by atoms with Gasteiger partial charge >= 0.3 is 0 Å². The van der Waals surface area contributed by atoms with Gasteiger partial charge in [0.2, 0.25) is 0 Å². The fourth-order valence-electron chi connectivity index (χ4n) is 1.87. The first-order chi connectivity index (χ1) is 8.04. The van der Waals surface area contributed by atoms with Crippen molar-refractivity contribution in [1.29, 1.82) is 0 Å². The highest BCUT2D eigenvalue weighted by Crippen LogP contribution is 2.16. The minimum absolute atomic E-state index is 0.0457. The Labute approximate surface area is 102 Å². The van der Waals surface area contributed by atoms with Gasteiger partial charge in [0.25, 0.3) is 0 Å². The van der Waals surface area contributed by atoms with Crippen LogP contribution in [-0.4, -0.2) is 6.54 Å². The first-order valence-corrected chi connectivity index (χ1v) is 6.23. The fraction of sp³-hybridized carbons (Fsp3) is 0.571. The minimum Gasteiger partial charge on any atom is -0.310 e. The number of hydrogen-bond donors (Lipinski definition) is 1. The molecule has 0 aromatic heterocycles. The van der Waals surface area contributed by atoms with E-state index in [1.54, 1.807) is 6.07 Å². The van der Waals surface area contributed by atoms with Gasteiger partial charge in [-0.3, -0.25) is 0 Å². The van der Waals surface area contributed by atoms with Crippen LogP contribution in [0.15, 0.2) is 18.2 Å². The summed E-state index contributed by atoms with van der Waals surface area (Å²) in [5, 5.41) is 3.34. The molecule has 17 heavy (non-hydrogen) atoms. The van der Waals surface area contributed by atoms with E-state index in [0.29, 0.717) is 5.92 Å². The highest BCUT2D eigenvalue weighted by Gasteiger charge is 2.10. The molecule has 1 N–H and O–H groups in total. The Kier molecular flexibility index (Phi) is 5.56. The van der Waals surface area contributed by atoms with Gasteiger partial charge in [0.15, 0.2) is 11.6 Å². The first-order valence-electron chi connectivity index (χ1n) is 6.23. The Morgan fingerprint density at radius 3 is 2.47 bits per heavy atom. The van der Waals surface area contributed by atoms with Gasteiger partial charge in [0.1, 0.15) is 0 Å². The average Bonchev–Trinajstić information content (AvgIpc) is 2.30. The summed E-state index contributed by atoms with van der Waals surface area (Å²) in [5.41, 5.74) is 0.785. The summed E-state index contributed by atoms with van der Waals surface area (Å²) in [7, 11) is 0. The number of halogens is 2. The molecule has 1 nitrogen and oxygen atoms in total. The first kappa shape index (κ1) is 14.1. The van der Waals surface area contributed by atoms with Gasteiger partial charge in [-0.15, -0.1) is 0 Å². The molecule has 0 radical (unpaired) electrons. The van der Waals surface area contributed by atoms with Gasteiger partial charge in [-0.2, -0.15) is 0 Å². The van der Waals surface area contributed by atoms with Crippen molar-refractivity contribution in [3.63, 3.8) is 0 Å². The monoisotopic (exact) mass is 241 g/mol. The van der Waals surface area contributed by atoms with Gasteiger partial charge in [0, 0.05) is 6.04 Å². The van der Waals surface area contributed by atoms with Crippen molar-refractivity contribution in [1.82, 2.24) is 5.32 Å². The number of benzene rings is 1. The number of nitrogens with one attached hydrogen (secondary N) is 1. The third-order valence-corrected chi connectivity index (χ3v) is 3.00. The van der Waals surface area contributed by atoms with Gasteiger partial charge in [-0.1, -0.05) is 26.3 Å². The summed E-state index contributed by atoms with van der Waals surface area (Å²) in [6, 6.07) is 4.11. The summed E-state index contributed by atoms with van der Waals surface area (Å²) >= 11 is 0. The summed E-state index contributed by atoms with van der Waals surface area (Å²) in [6.07, 6.45) is 2.35. The molecule has 0 saturated heterocycles. The zero-order valence-electron chi connectivity index (χ0n) is 10.8. The van der Waals surface area contributed by atoms with Crippen LogP contribution in [0.5, 0.6) is 0 Å². The zero-order chi connectivity index (χ0) is 12.8. The molecule has 0 aliphatic heterocycles. The summed E-state index contributed by atoms with van der Waals surface area (Å²) in [6.45, 7) is 7.21. The molecular formula is C14H21F2N. The van der Waals surface area contributed by atoms with Gasteiger partial charge in [0.05, 0.1) is 0 Å². The van der Waals surface area contributed by atoms with Crippen LogP contribution in [0.2, 0.25) is 0 Å². The van der Waals surface area contributed by atoms with Crippen LogP contribution < -0.4 is 5.32 Å². The number of hydrogen-bond acceptors (Lipinski definition) is 1. The Balaban J connectivity index is 2.52. The maximum atomic E-state index is 13.1. The Hall–Kier alpha value is -0.960. The van der Waals surface area contributed by atoms with Crippen LogP contribution in [0.4, 0.5) is 8.78 Å². The van der Waals surface area contributed by atoms with Crippen molar-refractivity contribution in [2.24, 2.45) is 5.92 Å². The Bertz CT molecular complexity index is 352. The standard InChI is InChI=1S/C14H21F2N/c1-4-5-10(2)9-17-11(3)12-6-7-13(15)14(16)8-12/h6-8,10-11,17H,4-5,9H2,1-3H3. The van der Waals surface area contributed by atoms with E-state index in [9.17, 15) is 8.78 Å². The van der Waals surface area contributed by atoms with E-state index in [2.05, 4.69) is 19.2 Å². The molecule has 0 spiro atoms. The van der Waals surface area contributed by atoms with Gasteiger partial charge < -0.3 is 5.32 Å².